The van der Waals surface area contributed by atoms with Gasteiger partial charge >= 0.3 is 6.18 Å². The second-order valence-electron chi connectivity index (χ2n) is 4.14. The van der Waals surface area contributed by atoms with E-state index in [0.717, 1.165) is 13.2 Å². The van der Waals surface area contributed by atoms with E-state index in [1.807, 2.05) is 4.72 Å². The number of nitrogens with two attached hydrogens (primary N) is 1. The van der Waals surface area contributed by atoms with E-state index in [1.54, 1.807) is 0 Å². The van der Waals surface area contributed by atoms with Crippen LogP contribution >= 0.6 is 0 Å². The van der Waals surface area contributed by atoms with Gasteiger partial charge in [0.15, 0.2) is 0 Å². The van der Waals surface area contributed by atoms with Gasteiger partial charge in [0, 0.05) is 6.07 Å². The van der Waals surface area contributed by atoms with Crippen molar-refractivity contribution >= 4 is 15.9 Å². The zero-order valence-electron chi connectivity index (χ0n) is 11.1. The van der Waals surface area contributed by atoms with Crippen LogP contribution in [0, 0.1) is 0 Å². The van der Waals surface area contributed by atoms with E-state index in [9.17, 15) is 26.4 Å². The fourth-order valence-electron chi connectivity index (χ4n) is 1.37. The molecule has 0 aromatic heterocycles. The molecule has 6 nitrogen and oxygen atoms in total. The number of sulfonamides is 1. The van der Waals surface area contributed by atoms with E-state index in [0.29, 0.717) is 12.1 Å². The van der Waals surface area contributed by atoms with Gasteiger partial charge in [-0.25, -0.2) is 8.42 Å². The molecule has 1 aromatic carbocycles. The molecule has 0 aliphatic heterocycles. The lowest BCUT2D eigenvalue weighted by Crippen LogP contribution is -2.42. The minimum absolute atomic E-state index is 0.281. The number of carbonyl (C=O) groups excluding carboxylic acids is 1. The van der Waals surface area contributed by atoms with Crippen LogP contribution in [0.2, 0.25) is 0 Å². The number of hydrogen-bond acceptors (Lipinski definition) is 4. The van der Waals surface area contributed by atoms with Gasteiger partial charge in [-0.2, -0.15) is 17.9 Å². The number of halogens is 3. The molecule has 0 fully saturated rings. The fourth-order valence-corrected chi connectivity index (χ4v) is 2.64. The van der Waals surface area contributed by atoms with Crippen molar-refractivity contribution in [1.29, 1.82) is 0 Å². The van der Waals surface area contributed by atoms with Crippen molar-refractivity contribution in [3.8, 4) is 5.75 Å². The molecule has 21 heavy (non-hydrogen) atoms. The molecule has 1 unspecified atom stereocenters. The molecule has 0 saturated carbocycles. The highest BCUT2D eigenvalue weighted by Gasteiger charge is 2.33. The Morgan fingerprint density at radius 1 is 1.33 bits per heavy atom. The van der Waals surface area contributed by atoms with E-state index in [4.69, 9.17) is 5.73 Å². The highest BCUT2D eigenvalue weighted by molar-refractivity contribution is 7.89. The third-order valence-electron chi connectivity index (χ3n) is 2.51. The second-order valence-corrected chi connectivity index (χ2v) is 5.85. The van der Waals surface area contributed by atoms with Gasteiger partial charge in [0.1, 0.15) is 5.75 Å². The summed E-state index contributed by atoms with van der Waals surface area (Å²) in [7, 11) is -3.25. The van der Waals surface area contributed by atoms with Gasteiger partial charge in [-0.3, -0.25) is 4.79 Å². The van der Waals surface area contributed by atoms with E-state index < -0.39 is 38.6 Å². The molecule has 1 rings (SSSR count). The number of nitrogens with one attached hydrogen (secondary N) is 1. The van der Waals surface area contributed by atoms with Crippen molar-refractivity contribution in [1.82, 2.24) is 4.72 Å². The van der Waals surface area contributed by atoms with Crippen molar-refractivity contribution in [2.75, 3.05) is 7.11 Å². The van der Waals surface area contributed by atoms with Crippen LogP contribution in [-0.2, 0) is 21.0 Å². The number of hydrogen-bond donors (Lipinski definition) is 2. The highest BCUT2D eigenvalue weighted by Crippen LogP contribution is 2.33. The van der Waals surface area contributed by atoms with Crippen molar-refractivity contribution < 1.29 is 31.1 Å². The maximum Gasteiger partial charge on any atom is 0.416 e. The van der Waals surface area contributed by atoms with Crippen LogP contribution in [0.4, 0.5) is 13.2 Å². The van der Waals surface area contributed by atoms with E-state index in [2.05, 4.69) is 4.74 Å². The molecule has 118 valence electrons. The third-order valence-corrected chi connectivity index (χ3v) is 4.03. The summed E-state index contributed by atoms with van der Waals surface area (Å²) >= 11 is 0. The van der Waals surface area contributed by atoms with E-state index >= 15 is 0 Å². The number of primary amides is 1. The molecule has 10 heteroatoms. The quantitative estimate of drug-likeness (QED) is 0.838. The molecular weight excluding hydrogens is 313 g/mol. The SMILES string of the molecule is COc1cc(C(F)(F)F)cc(S(=O)(=O)NC(C)C(N)=O)c1. The minimum Gasteiger partial charge on any atom is -0.497 e. The van der Waals surface area contributed by atoms with E-state index in [-0.39, 0.29) is 5.75 Å². The van der Waals surface area contributed by atoms with Crippen LogP contribution in [0.1, 0.15) is 12.5 Å². The molecule has 0 saturated heterocycles. The summed E-state index contributed by atoms with van der Waals surface area (Å²) in [4.78, 5) is 10.2. The fraction of sp³-hybridized carbons (Fsp3) is 0.364. The highest BCUT2D eigenvalue weighted by atomic mass is 32.2. The summed E-state index contributed by atoms with van der Waals surface area (Å²) < 4.78 is 68.6. The zero-order chi connectivity index (χ0) is 16.4. The van der Waals surface area contributed by atoms with Gasteiger partial charge in [0.2, 0.25) is 15.9 Å². The summed E-state index contributed by atoms with van der Waals surface area (Å²) in [5.41, 5.74) is 3.72. The molecule has 0 heterocycles. The molecule has 0 bridgehead atoms. The molecule has 3 N–H and O–H groups in total. The lowest BCUT2D eigenvalue weighted by molar-refractivity contribution is -0.137. The first-order valence-electron chi connectivity index (χ1n) is 5.55. The summed E-state index contributed by atoms with van der Waals surface area (Å²) in [6, 6.07) is 0.746. The Kier molecular flexibility index (Phi) is 4.84. The maximum atomic E-state index is 12.7. The molecule has 0 aliphatic carbocycles. The Morgan fingerprint density at radius 3 is 2.33 bits per heavy atom. The first-order valence-corrected chi connectivity index (χ1v) is 7.03. The lowest BCUT2D eigenvalue weighted by Gasteiger charge is -2.14. The maximum absolute atomic E-state index is 12.7. The normalized spacial score (nSPS) is 13.8. The van der Waals surface area contributed by atoms with Crippen LogP contribution in [0.5, 0.6) is 5.75 Å². The standard InChI is InChI=1S/C11H13F3N2O4S/c1-6(10(15)17)16-21(18,19)9-4-7(11(12,13)14)3-8(5-9)20-2/h3-6,16H,1-2H3,(H2,15,17). The van der Waals surface area contributed by atoms with Crippen LogP contribution < -0.4 is 15.2 Å². The molecular formula is C11H13F3N2O4S. The number of alkyl halides is 3. The predicted octanol–water partition coefficient (Wildman–Crippen LogP) is 0.866. The molecule has 1 atom stereocenters. The Hall–Kier alpha value is -1.81. The Bertz CT molecular complexity index is 643. The smallest absolute Gasteiger partial charge is 0.416 e. The van der Waals surface area contributed by atoms with Gasteiger partial charge in [-0.05, 0) is 19.1 Å². The molecule has 0 radical (unpaired) electrons. The lowest BCUT2D eigenvalue weighted by atomic mass is 10.2. The second kappa shape index (κ2) is 5.90. The van der Waals surface area contributed by atoms with Gasteiger partial charge in [0.25, 0.3) is 0 Å². The first-order chi connectivity index (χ1) is 9.47. The number of carbonyl (C=O) groups is 1. The van der Waals surface area contributed by atoms with Crippen molar-refractivity contribution in [2.45, 2.75) is 24.0 Å². The third kappa shape index (κ3) is 4.33. The number of amides is 1. The first kappa shape index (κ1) is 17.2. The zero-order valence-corrected chi connectivity index (χ0v) is 11.9. The van der Waals surface area contributed by atoms with Crippen molar-refractivity contribution in [2.24, 2.45) is 5.73 Å². The number of ether oxygens (including phenoxy) is 1. The van der Waals surface area contributed by atoms with Crippen molar-refractivity contribution in [3.05, 3.63) is 23.8 Å². The Morgan fingerprint density at radius 2 is 1.90 bits per heavy atom. The van der Waals surface area contributed by atoms with Crippen LogP contribution in [0.25, 0.3) is 0 Å². The van der Waals surface area contributed by atoms with Gasteiger partial charge in [-0.1, -0.05) is 0 Å². The largest absolute Gasteiger partial charge is 0.497 e. The molecule has 0 spiro atoms. The number of rotatable bonds is 5. The van der Waals surface area contributed by atoms with Gasteiger partial charge < -0.3 is 10.5 Å². The average Bonchev–Trinajstić information content (AvgIpc) is 2.36. The minimum atomic E-state index is -4.74. The molecule has 0 aliphatic rings. The summed E-state index contributed by atoms with van der Waals surface area (Å²) in [5.74, 6) is -1.24. The van der Waals surface area contributed by atoms with Gasteiger partial charge in [-0.15, -0.1) is 0 Å². The molecule has 1 amide bonds. The monoisotopic (exact) mass is 326 g/mol. The molecule has 1 aromatic rings. The number of methoxy groups -OCH3 is 1. The number of benzene rings is 1. The van der Waals surface area contributed by atoms with Gasteiger partial charge in [0.05, 0.1) is 23.6 Å². The van der Waals surface area contributed by atoms with Crippen LogP contribution in [0.15, 0.2) is 23.1 Å². The van der Waals surface area contributed by atoms with Crippen molar-refractivity contribution in [3.63, 3.8) is 0 Å². The van der Waals surface area contributed by atoms with Crippen LogP contribution in [-0.4, -0.2) is 27.5 Å². The van der Waals surface area contributed by atoms with E-state index in [1.165, 1.54) is 6.92 Å². The summed E-state index contributed by atoms with van der Waals surface area (Å²) in [6.07, 6.45) is -4.74. The van der Waals surface area contributed by atoms with Crippen LogP contribution in [0.3, 0.4) is 0 Å². The predicted molar refractivity (Wildman–Crippen MR) is 67.0 cm³/mol. The topological polar surface area (TPSA) is 98.5 Å². The summed E-state index contributed by atoms with van der Waals surface area (Å²) in [5, 5.41) is 0. The Balaban J connectivity index is 3.32. The average molecular weight is 326 g/mol. The Labute approximate surface area is 119 Å². The summed E-state index contributed by atoms with van der Waals surface area (Å²) in [6.45, 7) is 1.17.